The van der Waals surface area contributed by atoms with Crippen LogP contribution >= 0.6 is 11.6 Å². The number of hydrogen-bond donors (Lipinski definition) is 3. The molecule has 1 heterocycles. The van der Waals surface area contributed by atoms with E-state index in [1.807, 2.05) is 0 Å². The number of anilines is 1. The average Bonchev–Trinajstić information content (AvgIpc) is 3.05. The number of rotatable bonds is 5. The molecule has 162 valence electrons. The highest BCUT2D eigenvalue weighted by Crippen LogP contribution is 2.31. The summed E-state index contributed by atoms with van der Waals surface area (Å²) in [6.45, 7) is 1.40. The lowest BCUT2D eigenvalue weighted by molar-refractivity contribution is -0.119. The molecule has 0 saturated heterocycles. The number of nitrogens with one attached hydrogen (secondary N) is 1. The largest absolute Gasteiger partial charge is 0.323 e. The fourth-order valence-electron chi connectivity index (χ4n) is 3.13. The van der Waals surface area contributed by atoms with Gasteiger partial charge in [-0.05, 0) is 43.9 Å². The summed E-state index contributed by atoms with van der Waals surface area (Å²) in [6, 6.07) is 1.89. The van der Waals surface area contributed by atoms with Crippen molar-refractivity contribution in [3.8, 4) is 0 Å². The summed E-state index contributed by atoms with van der Waals surface area (Å²) in [4.78, 5) is 23.6. The Balaban J connectivity index is 2.01. The summed E-state index contributed by atoms with van der Waals surface area (Å²) in [6.07, 6.45) is 2.29. The number of primary sulfonamides is 2. The molecule has 1 aromatic heterocycles. The molecule has 1 amide bonds. The van der Waals surface area contributed by atoms with Gasteiger partial charge in [-0.1, -0.05) is 11.6 Å². The third-order valence-electron chi connectivity index (χ3n) is 4.63. The SMILES string of the molecule is CC(C(=O)Nc1cc(Cl)c(S(N)(=O)=O)cc1S(N)(=O)=O)n1nc2c(cc1=O)CCC2. The minimum atomic E-state index is -4.46. The Morgan fingerprint density at radius 2 is 1.77 bits per heavy atom. The summed E-state index contributed by atoms with van der Waals surface area (Å²) < 4.78 is 48.1. The molecule has 0 fully saturated rings. The first-order chi connectivity index (χ1) is 13.8. The lowest BCUT2D eigenvalue weighted by Gasteiger charge is -2.17. The molecule has 3 rings (SSSR count). The monoisotopic (exact) mass is 475 g/mol. The molecule has 0 bridgehead atoms. The highest BCUT2D eigenvalue weighted by molar-refractivity contribution is 7.90. The van der Waals surface area contributed by atoms with Gasteiger partial charge in [0, 0.05) is 6.07 Å². The molecule has 1 unspecified atom stereocenters. The van der Waals surface area contributed by atoms with Crippen LogP contribution in [0.4, 0.5) is 5.69 Å². The minimum Gasteiger partial charge on any atom is -0.323 e. The third-order valence-corrected chi connectivity index (χ3v) is 6.96. The van der Waals surface area contributed by atoms with Crippen LogP contribution in [0.25, 0.3) is 0 Å². The second-order valence-corrected chi connectivity index (χ2v) is 10.3. The van der Waals surface area contributed by atoms with Gasteiger partial charge in [0.2, 0.25) is 26.0 Å². The Morgan fingerprint density at radius 1 is 1.13 bits per heavy atom. The highest BCUT2D eigenvalue weighted by Gasteiger charge is 2.26. The van der Waals surface area contributed by atoms with E-state index in [1.165, 1.54) is 13.0 Å². The van der Waals surface area contributed by atoms with Crippen molar-refractivity contribution in [1.29, 1.82) is 0 Å². The fraction of sp³-hybridized carbons (Fsp3) is 0.312. The molecule has 1 atom stereocenters. The number of carbonyl (C=O) groups is 1. The Hall–Kier alpha value is -2.32. The second-order valence-electron chi connectivity index (χ2n) is 6.79. The van der Waals surface area contributed by atoms with Gasteiger partial charge in [-0.25, -0.2) is 31.8 Å². The van der Waals surface area contributed by atoms with E-state index in [1.54, 1.807) is 0 Å². The van der Waals surface area contributed by atoms with E-state index in [-0.39, 0.29) is 5.69 Å². The molecule has 1 aliphatic rings. The molecular formula is C16H18ClN5O6S2. The van der Waals surface area contributed by atoms with Gasteiger partial charge in [0.15, 0.2) is 0 Å². The number of aromatic nitrogens is 2. The average molecular weight is 476 g/mol. The summed E-state index contributed by atoms with van der Waals surface area (Å²) in [5.41, 5.74) is 0.722. The second kappa shape index (κ2) is 7.74. The zero-order chi connectivity index (χ0) is 22.4. The van der Waals surface area contributed by atoms with Crippen LogP contribution in [0.3, 0.4) is 0 Å². The Morgan fingerprint density at radius 3 is 2.37 bits per heavy atom. The van der Waals surface area contributed by atoms with Crippen LogP contribution in [0.5, 0.6) is 0 Å². The number of fused-ring (bicyclic) bond motifs is 1. The number of aryl methyl sites for hydroxylation is 2. The molecule has 30 heavy (non-hydrogen) atoms. The molecule has 2 aromatic rings. The van der Waals surface area contributed by atoms with E-state index in [4.69, 9.17) is 21.9 Å². The Labute approximate surface area is 177 Å². The predicted octanol–water partition coefficient (Wildman–Crippen LogP) is -0.120. The van der Waals surface area contributed by atoms with Crippen LogP contribution in [0.15, 0.2) is 32.8 Å². The van der Waals surface area contributed by atoms with Crippen molar-refractivity contribution in [2.75, 3.05) is 5.32 Å². The van der Waals surface area contributed by atoms with Gasteiger partial charge in [-0.15, -0.1) is 0 Å². The lowest BCUT2D eigenvalue weighted by Crippen LogP contribution is -2.34. The van der Waals surface area contributed by atoms with Crippen molar-refractivity contribution in [2.24, 2.45) is 10.3 Å². The molecule has 0 aliphatic heterocycles. The number of nitrogens with two attached hydrogens (primary N) is 2. The van der Waals surface area contributed by atoms with Crippen LogP contribution < -0.4 is 21.2 Å². The smallest absolute Gasteiger partial charge is 0.267 e. The van der Waals surface area contributed by atoms with Crippen LogP contribution in [0.2, 0.25) is 5.02 Å². The number of amides is 1. The van der Waals surface area contributed by atoms with Gasteiger partial charge in [-0.3, -0.25) is 9.59 Å². The van der Waals surface area contributed by atoms with Crippen molar-refractivity contribution < 1.29 is 21.6 Å². The quantitative estimate of drug-likeness (QED) is 0.537. The van der Waals surface area contributed by atoms with Gasteiger partial charge in [0.25, 0.3) is 5.56 Å². The van der Waals surface area contributed by atoms with E-state index in [0.717, 1.165) is 34.8 Å². The predicted molar refractivity (Wildman–Crippen MR) is 108 cm³/mol. The fourth-order valence-corrected chi connectivity index (χ4v) is 5.00. The molecular weight excluding hydrogens is 458 g/mol. The molecule has 1 aliphatic carbocycles. The summed E-state index contributed by atoms with van der Waals surface area (Å²) >= 11 is 5.89. The maximum atomic E-state index is 12.7. The van der Waals surface area contributed by atoms with Crippen LogP contribution in [-0.2, 0) is 37.7 Å². The highest BCUT2D eigenvalue weighted by atomic mass is 35.5. The maximum absolute atomic E-state index is 12.7. The molecule has 0 spiro atoms. The van der Waals surface area contributed by atoms with E-state index >= 15 is 0 Å². The van der Waals surface area contributed by atoms with Gasteiger partial charge in [0.05, 0.1) is 16.4 Å². The summed E-state index contributed by atoms with van der Waals surface area (Å²) in [7, 11) is -8.82. The number of sulfonamides is 2. The molecule has 0 radical (unpaired) electrons. The van der Waals surface area contributed by atoms with E-state index < -0.39 is 52.4 Å². The molecule has 5 N–H and O–H groups in total. The molecule has 0 saturated carbocycles. The number of hydrogen-bond acceptors (Lipinski definition) is 7. The van der Waals surface area contributed by atoms with Crippen LogP contribution in [0, 0.1) is 0 Å². The standard InChI is InChI=1S/C16H18ClN5O6S2/c1-8(22-15(23)5-9-3-2-4-11(9)21-22)16(24)20-12-6-10(17)13(29(18,25)26)7-14(12)30(19,27)28/h5-8H,2-4H2,1H3,(H,20,24)(H2,18,25,26)(H2,19,27,28). The first-order valence-corrected chi connectivity index (χ1v) is 12.1. The van der Waals surface area contributed by atoms with Gasteiger partial charge in [0.1, 0.15) is 15.8 Å². The lowest BCUT2D eigenvalue weighted by atomic mass is 10.2. The van der Waals surface area contributed by atoms with Gasteiger partial charge in [-0.2, -0.15) is 5.10 Å². The zero-order valence-electron chi connectivity index (χ0n) is 15.6. The van der Waals surface area contributed by atoms with E-state index in [2.05, 4.69) is 10.4 Å². The zero-order valence-corrected chi connectivity index (χ0v) is 18.0. The molecule has 1 aromatic carbocycles. The first-order valence-electron chi connectivity index (χ1n) is 8.60. The minimum absolute atomic E-state index is 0.360. The van der Waals surface area contributed by atoms with Crippen LogP contribution in [-0.4, -0.2) is 32.5 Å². The first kappa shape index (κ1) is 22.4. The number of carbonyl (C=O) groups excluding carboxylic acids is 1. The van der Waals surface area contributed by atoms with Gasteiger partial charge >= 0.3 is 0 Å². The number of nitrogens with zero attached hydrogens (tertiary/aromatic N) is 2. The Bertz CT molecular complexity index is 1320. The normalized spacial score (nSPS) is 14.9. The summed E-state index contributed by atoms with van der Waals surface area (Å²) in [5.74, 6) is -0.785. The molecule has 14 heteroatoms. The topological polar surface area (TPSA) is 184 Å². The van der Waals surface area contributed by atoms with Crippen molar-refractivity contribution in [1.82, 2.24) is 9.78 Å². The molecule has 11 nitrogen and oxygen atoms in total. The maximum Gasteiger partial charge on any atom is 0.267 e. The Kier molecular flexibility index (Phi) is 5.77. The van der Waals surface area contributed by atoms with Crippen molar-refractivity contribution >= 4 is 43.2 Å². The van der Waals surface area contributed by atoms with E-state index in [0.29, 0.717) is 12.5 Å². The third kappa shape index (κ3) is 4.39. The van der Waals surface area contributed by atoms with Crippen LogP contribution in [0.1, 0.15) is 30.6 Å². The van der Waals surface area contributed by atoms with Crippen molar-refractivity contribution in [2.45, 2.75) is 42.0 Å². The number of benzene rings is 1. The van der Waals surface area contributed by atoms with E-state index in [9.17, 15) is 26.4 Å². The summed E-state index contributed by atoms with van der Waals surface area (Å²) in [5, 5.41) is 16.3. The number of halogens is 1. The van der Waals surface area contributed by atoms with Crippen molar-refractivity contribution in [3.63, 3.8) is 0 Å². The van der Waals surface area contributed by atoms with Gasteiger partial charge < -0.3 is 5.32 Å². The van der Waals surface area contributed by atoms with Crippen molar-refractivity contribution in [3.05, 3.63) is 44.8 Å².